The second-order valence-electron chi connectivity index (χ2n) is 4.89. The number of aromatic nitrogens is 1. The van der Waals surface area contributed by atoms with Crippen LogP contribution in [0.15, 0.2) is 30.5 Å². The number of aromatic amines is 1. The van der Waals surface area contributed by atoms with Gasteiger partial charge < -0.3 is 9.72 Å². The third kappa shape index (κ3) is 3.44. The van der Waals surface area contributed by atoms with Gasteiger partial charge in [-0.2, -0.15) is 0 Å². The van der Waals surface area contributed by atoms with Gasteiger partial charge in [-0.3, -0.25) is 20.2 Å². The first kappa shape index (κ1) is 16.4. The number of ether oxygens (including phenoxy) is 1. The third-order valence-electron chi connectivity index (χ3n) is 3.50. The summed E-state index contributed by atoms with van der Waals surface area (Å²) in [5.41, 5.74) is 1.04. The molecule has 1 aromatic heterocycles. The molecule has 0 fully saturated rings. The van der Waals surface area contributed by atoms with Crippen LogP contribution in [0.1, 0.15) is 18.4 Å². The van der Waals surface area contributed by atoms with Gasteiger partial charge in [0, 0.05) is 26.9 Å². The zero-order valence-corrected chi connectivity index (χ0v) is 12.3. The number of esters is 1. The van der Waals surface area contributed by atoms with Crippen molar-refractivity contribution in [3.63, 3.8) is 0 Å². The molecular weight excluding hydrogens is 306 g/mol. The Morgan fingerprint density at radius 1 is 1.30 bits per heavy atom. The maximum Gasteiger partial charge on any atom is 0.382 e. The lowest BCUT2D eigenvalue weighted by molar-refractivity contribution is -0.537. The first-order chi connectivity index (χ1) is 11.0. The second kappa shape index (κ2) is 6.86. The molecule has 2 rings (SSSR count). The number of nitrogens with zero attached hydrogens (tertiary/aromatic N) is 2. The van der Waals surface area contributed by atoms with E-state index in [0.29, 0.717) is 16.5 Å². The molecule has 2 atom stereocenters. The number of carbonyl (C=O) groups excluding carboxylic acids is 1. The average Bonchev–Trinajstić information content (AvgIpc) is 2.89. The molecule has 0 saturated heterocycles. The third-order valence-corrected chi connectivity index (χ3v) is 3.50. The Kier molecular flexibility index (Phi) is 4.89. The molecular formula is C14H15N3O6. The van der Waals surface area contributed by atoms with Crippen LogP contribution in [0.4, 0.5) is 0 Å². The van der Waals surface area contributed by atoms with Crippen LogP contribution in [0.3, 0.4) is 0 Å². The van der Waals surface area contributed by atoms with E-state index in [9.17, 15) is 25.0 Å². The van der Waals surface area contributed by atoms with E-state index < -0.39 is 34.3 Å². The lowest BCUT2D eigenvalue weighted by Crippen LogP contribution is -2.40. The van der Waals surface area contributed by atoms with Crippen molar-refractivity contribution in [1.82, 2.24) is 4.98 Å². The number of nitro groups is 2. The summed E-state index contributed by atoms with van der Waals surface area (Å²) < 4.78 is 4.72. The van der Waals surface area contributed by atoms with E-state index in [0.717, 1.165) is 0 Å². The zero-order valence-electron chi connectivity index (χ0n) is 12.3. The van der Waals surface area contributed by atoms with Gasteiger partial charge in [0.1, 0.15) is 5.92 Å². The minimum absolute atomic E-state index is 0.0394. The molecule has 0 aliphatic heterocycles. The van der Waals surface area contributed by atoms with Gasteiger partial charge in [-0.05, 0) is 18.6 Å². The quantitative estimate of drug-likeness (QED) is 0.470. The molecule has 0 saturated carbocycles. The maximum absolute atomic E-state index is 11.9. The summed E-state index contributed by atoms with van der Waals surface area (Å²) >= 11 is 0. The Labute approximate surface area is 130 Å². The van der Waals surface area contributed by atoms with Crippen molar-refractivity contribution in [2.45, 2.75) is 18.9 Å². The number of fused-ring (bicyclic) bond motifs is 1. The number of nitrogens with one attached hydrogen (secondary N) is 1. The number of carbonyl (C=O) groups is 1. The lowest BCUT2D eigenvalue weighted by atomic mass is 9.91. The average molecular weight is 321 g/mol. The Balaban J connectivity index is 2.52. The van der Waals surface area contributed by atoms with Gasteiger partial charge in [0.25, 0.3) is 0 Å². The minimum Gasteiger partial charge on any atom is -0.461 e. The van der Waals surface area contributed by atoms with Crippen molar-refractivity contribution in [1.29, 1.82) is 0 Å². The number of H-pyrrole nitrogens is 1. The molecule has 2 aromatic rings. The highest BCUT2D eigenvalue weighted by molar-refractivity contribution is 5.85. The topological polar surface area (TPSA) is 128 Å². The molecule has 23 heavy (non-hydrogen) atoms. The fourth-order valence-corrected chi connectivity index (χ4v) is 2.55. The summed E-state index contributed by atoms with van der Waals surface area (Å²) in [6.45, 7) is 0.734. The molecule has 0 aliphatic carbocycles. The van der Waals surface area contributed by atoms with Crippen LogP contribution in [-0.2, 0) is 9.53 Å². The molecule has 0 radical (unpaired) electrons. The largest absolute Gasteiger partial charge is 0.461 e. The van der Waals surface area contributed by atoms with Gasteiger partial charge in [-0.15, -0.1) is 0 Å². The Morgan fingerprint density at radius 2 is 2.00 bits per heavy atom. The van der Waals surface area contributed by atoms with Gasteiger partial charge in [-0.1, -0.05) is 18.2 Å². The van der Waals surface area contributed by atoms with E-state index in [4.69, 9.17) is 4.74 Å². The molecule has 9 nitrogen and oxygen atoms in total. The smallest absolute Gasteiger partial charge is 0.382 e. The monoisotopic (exact) mass is 321 g/mol. The van der Waals surface area contributed by atoms with Crippen molar-refractivity contribution in [2.24, 2.45) is 0 Å². The molecule has 9 heteroatoms. The summed E-state index contributed by atoms with van der Waals surface area (Å²) in [7, 11) is 0. The molecule has 1 N–H and O–H groups in total. The molecule has 1 heterocycles. The summed E-state index contributed by atoms with van der Waals surface area (Å²) in [5, 5.41) is 22.9. The first-order valence-electron chi connectivity index (χ1n) is 6.93. The Hall–Kier alpha value is -2.97. The minimum atomic E-state index is -1.83. The number of para-hydroxylation sites is 1. The molecule has 0 spiro atoms. The molecule has 0 aliphatic rings. The van der Waals surface area contributed by atoms with Crippen molar-refractivity contribution in [3.8, 4) is 0 Å². The van der Waals surface area contributed by atoms with Crippen LogP contribution in [-0.4, -0.2) is 40.0 Å². The van der Waals surface area contributed by atoms with Crippen LogP contribution in [0, 0.1) is 20.2 Å². The van der Waals surface area contributed by atoms with Gasteiger partial charge >= 0.3 is 12.0 Å². The molecule has 1 aromatic carbocycles. The maximum atomic E-state index is 11.9. The number of hydrogen-bond acceptors (Lipinski definition) is 6. The number of rotatable bonds is 7. The van der Waals surface area contributed by atoms with Crippen molar-refractivity contribution < 1.29 is 19.4 Å². The van der Waals surface area contributed by atoms with E-state index in [1.165, 1.54) is 13.1 Å². The first-order valence-corrected chi connectivity index (χ1v) is 6.93. The number of hydrogen-bond donors (Lipinski definition) is 1. The Morgan fingerprint density at radius 3 is 2.61 bits per heavy atom. The van der Waals surface area contributed by atoms with Gasteiger partial charge in [0.15, 0.2) is 0 Å². The van der Waals surface area contributed by atoms with E-state index in [-0.39, 0.29) is 6.61 Å². The molecule has 0 amide bonds. The van der Waals surface area contributed by atoms with Crippen LogP contribution >= 0.6 is 0 Å². The zero-order chi connectivity index (χ0) is 17.0. The van der Waals surface area contributed by atoms with Gasteiger partial charge in [0.2, 0.25) is 6.54 Å². The van der Waals surface area contributed by atoms with Crippen LogP contribution in [0.5, 0.6) is 0 Å². The molecule has 0 bridgehead atoms. The Bertz CT molecular complexity index is 741. The highest BCUT2D eigenvalue weighted by Gasteiger charge is 2.45. The van der Waals surface area contributed by atoms with Crippen molar-refractivity contribution in [3.05, 3.63) is 56.3 Å². The SMILES string of the molecule is CCOC(=O)C(C(C[N+](=O)[O-])c1c[nH]c2ccccc12)[N+](=O)[O-]. The normalized spacial score (nSPS) is 13.4. The summed E-state index contributed by atoms with van der Waals surface area (Å²) in [4.78, 5) is 35.7. The van der Waals surface area contributed by atoms with Gasteiger partial charge in [0.05, 0.1) is 6.61 Å². The molecule has 122 valence electrons. The van der Waals surface area contributed by atoms with E-state index in [2.05, 4.69) is 4.98 Å². The summed E-state index contributed by atoms with van der Waals surface area (Å²) in [6.07, 6.45) is 1.47. The number of benzene rings is 1. The van der Waals surface area contributed by atoms with E-state index >= 15 is 0 Å². The van der Waals surface area contributed by atoms with Crippen LogP contribution in [0.2, 0.25) is 0 Å². The fourth-order valence-electron chi connectivity index (χ4n) is 2.55. The lowest BCUT2D eigenvalue weighted by Gasteiger charge is -2.16. The fraction of sp³-hybridized carbons (Fsp3) is 0.357. The van der Waals surface area contributed by atoms with Gasteiger partial charge in [-0.25, -0.2) is 4.79 Å². The highest BCUT2D eigenvalue weighted by Crippen LogP contribution is 2.30. The van der Waals surface area contributed by atoms with Crippen molar-refractivity contribution in [2.75, 3.05) is 13.2 Å². The predicted molar refractivity (Wildman–Crippen MR) is 80.3 cm³/mol. The van der Waals surface area contributed by atoms with E-state index in [1.54, 1.807) is 24.3 Å². The predicted octanol–water partition coefficient (Wildman–Crippen LogP) is 1.74. The van der Waals surface area contributed by atoms with Crippen molar-refractivity contribution >= 4 is 16.9 Å². The summed E-state index contributed by atoms with van der Waals surface area (Å²) in [5.74, 6) is -2.30. The molecule has 2 unspecified atom stereocenters. The highest BCUT2D eigenvalue weighted by atomic mass is 16.6. The standard InChI is InChI=1S/C14H15N3O6/c1-2-23-14(18)13(17(21)22)11(8-16(19)20)10-7-15-12-6-4-3-5-9(10)12/h3-7,11,13,15H,2,8H2,1H3. The summed E-state index contributed by atoms with van der Waals surface area (Å²) in [6, 6.07) is 5.08. The van der Waals surface area contributed by atoms with Crippen LogP contribution in [0.25, 0.3) is 10.9 Å². The van der Waals surface area contributed by atoms with E-state index in [1.807, 2.05) is 0 Å². The second-order valence-corrected chi connectivity index (χ2v) is 4.89. The van der Waals surface area contributed by atoms with Crippen LogP contribution < -0.4 is 0 Å².